The Bertz CT molecular complexity index is 1960. The number of rotatable bonds is 0. The summed E-state index contributed by atoms with van der Waals surface area (Å²) >= 11 is 15.2. The molecule has 6 aromatic heterocycles. The van der Waals surface area contributed by atoms with E-state index in [2.05, 4.69) is 56.0 Å². The first-order chi connectivity index (χ1) is 14.7. The molecule has 30 heavy (non-hydrogen) atoms. The molecule has 0 saturated carbocycles. The molecule has 0 atom stereocenters. The Kier molecular flexibility index (Phi) is 2.71. The van der Waals surface area contributed by atoms with E-state index in [4.69, 9.17) is 34.4 Å². The van der Waals surface area contributed by atoms with Crippen LogP contribution in [0.15, 0.2) is 47.2 Å². The Morgan fingerprint density at radius 2 is 1.03 bits per heavy atom. The van der Waals surface area contributed by atoms with Gasteiger partial charge >= 0.3 is 0 Å². The fraction of sp³-hybridized carbons (Fsp3) is 0. The first-order valence-electron chi connectivity index (χ1n) is 9.34. The molecular weight excluding hydrogens is 449 g/mol. The van der Waals surface area contributed by atoms with Gasteiger partial charge in [-0.2, -0.15) is 0 Å². The van der Waals surface area contributed by atoms with Gasteiger partial charge in [0, 0.05) is 32.3 Å². The lowest BCUT2D eigenvalue weighted by Gasteiger charge is -2.13. The van der Waals surface area contributed by atoms with Gasteiger partial charge in [0.05, 0.1) is 11.0 Å². The second-order valence-corrected chi connectivity index (χ2v) is 10.0. The molecule has 8 aromatic rings. The minimum atomic E-state index is 0.794. The summed E-state index contributed by atoms with van der Waals surface area (Å²) in [6, 6.07) is 12.7. The highest BCUT2D eigenvalue weighted by atomic mass is 32.1. The van der Waals surface area contributed by atoms with Crippen molar-refractivity contribution in [1.29, 1.82) is 0 Å². The third kappa shape index (κ3) is 1.63. The van der Waals surface area contributed by atoms with Crippen molar-refractivity contribution in [1.82, 2.24) is 18.8 Å². The van der Waals surface area contributed by atoms with Crippen LogP contribution in [0.3, 0.4) is 0 Å². The van der Waals surface area contributed by atoms with E-state index in [1.807, 2.05) is 0 Å². The highest BCUT2D eigenvalue weighted by Gasteiger charge is 2.20. The first kappa shape index (κ1) is 16.0. The maximum absolute atomic E-state index is 5.96. The van der Waals surface area contributed by atoms with Crippen molar-refractivity contribution in [3.63, 3.8) is 0 Å². The zero-order valence-electron chi connectivity index (χ0n) is 15.0. The molecule has 0 saturated heterocycles. The van der Waals surface area contributed by atoms with Gasteiger partial charge < -0.3 is 0 Å². The maximum Gasteiger partial charge on any atom is 0.148 e. The number of hydrogen-bond acceptors (Lipinski definition) is 6. The SMILES string of the molecule is S=c1c2ccc3c4c(ccc(c24)c2nc4sccc4n12)c(=S)n1c2ccsc2nc31. The molecule has 0 aliphatic heterocycles. The molecule has 0 bridgehead atoms. The zero-order chi connectivity index (χ0) is 19.7. The van der Waals surface area contributed by atoms with Crippen molar-refractivity contribution in [3.05, 3.63) is 56.4 Å². The van der Waals surface area contributed by atoms with Crippen molar-refractivity contribution in [2.75, 3.05) is 0 Å². The quantitative estimate of drug-likeness (QED) is 0.178. The summed E-state index contributed by atoms with van der Waals surface area (Å²) in [4.78, 5) is 11.9. The molecule has 0 amide bonds. The van der Waals surface area contributed by atoms with E-state index >= 15 is 0 Å². The lowest BCUT2D eigenvalue weighted by Crippen LogP contribution is -1.96. The third-order valence-corrected chi connectivity index (χ3v) is 8.48. The van der Waals surface area contributed by atoms with E-state index in [0.29, 0.717) is 0 Å². The number of hydrogen-bond donors (Lipinski definition) is 0. The number of nitrogens with zero attached hydrogens (tertiary/aromatic N) is 4. The van der Waals surface area contributed by atoms with Crippen LogP contribution in [-0.4, -0.2) is 18.8 Å². The van der Waals surface area contributed by atoms with Crippen LogP contribution in [-0.2, 0) is 0 Å². The highest BCUT2D eigenvalue weighted by molar-refractivity contribution is 7.71. The third-order valence-electron chi connectivity index (χ3n) is 6.08. The van der Waals surface area contributed by atoms with Crippen molar-refractivity contribution < 1.29 is 0 Å². The molecule has 0 unspecified atom stereocenters. The van der Waals surface area contributed by atoms with E-state index in [0.717, 1.165) is 73.6 Å². The van der Waals surface area contributed by atoms with Crippen LogP contribution in [0.4, 0.5) is 0 Å². The Labute approximate surface area is 185 Å². The number of benzene rings is 2. The summed E-state index contributed by atoms with van der Waals surface area (Å²) in [7, 11) is 0. The summed E-state index contributed by atoms with van der Waals surface area (Å²) in [5, 5.41) is 10.7. The number of aromatic nitrogens is 4. The zero-order valence-corrected chi connectivity index (χ0v) is 18.3. The van der Waals surface area contributed by atoms with Gasteiger partial charge in [-0.3, -0.25) is 8.80 Å². The molecule has 140 valence electrons. The van der Waals surface area contributed by atoms with Gasteiger partial charge in [0.1, 0.15) is 30.2 Å². The summed E-state index contributed by atoms with van der Waals surface area (Å²) in [6.07, 6.45) is 0. The van der Waals surface area contributed by atoms with Crippen molar-refractivity contribution >= 4 is 111 Å². The number of fused-ring (bicyclic) bond motifs is 8. The van der Waals surface area contributed by atoms with Gasteiger partial charge in [-0.25, -0.2) is 9.97 Å². The van der Waals surface area contributed by atoms with Gasteiger partial charge in [-0.05, 0) is 35.0 Å². The molecule has 4 nitrogen and oxygen atoms in total. The summed E-state index contributed by atoms with van der Waals surface area (Å²) in [5.74, 6) is 0. The lowest BCUT2D eigenvalue weighted by molar-refractivity contribution is 1.23. The first-order valence-corrected chi connectivity index (χ1v) is 11.9. The van der Waals surface area contributed by atoms with Gasteiger partial charge in [-0.1, -0.05) is 36.6 Å². The van der Waals surface area contributed by atoms with Crippen LogP contribution in [0.5, 0.6) is 0 Å². The fourth-order valence-corrected chi connectivity index (χ4v) is 7.06. The predicted octanol–water partition coefficient (Wildman–Crippen LogP) is 7.21. The minimum Gasteiger partial charge on any atom is -0.281 e. The van der Waals surface area contributed by atoms with Gasteiger partial charge in [0.2, 0.25) is 0 Å². The monoisotopic (exact) mass is 456 g/mol. The van der Waals surface area contributed by atoms with E-state index in [-0.39, 0.29) is 0 Å². The maximum atomic E-state index is 5.96. The molecule has 0 aliphatic carbocycles. The fourth-order valence-electron chi connectivity index (χ4n) is 4.86. The van der Waals surface area contributed by atoms with Gasteiger partial charge in [0.15, 0.2) is 0 Å². The highest BCUT2D eigenvalue weighted by Crippen LogP contribution is 2.41. The minimum absolute atomic E-state index is 0.794. The number of imidazole rings is 2. The van der Waals surface area contributed by atoms with E-state index in [1.165, 1.54) is 0 Å². The molecule has 0 fully saturated rings. The van der Waals surface area contributed by atoms with E-state index in [9.17, 15) is 0 Å². The Hall–Kier alpha value is -2.78. The number of thiophene rings is 2. The molecule has 0 radical (unpaired) electrons. The van der Waals surface area contributed by atoms with Crippen LogP contribution in [0.1, 0.15) is 0 Å². The van der Waals surface area contributed by atoms with Gasteiger partial charge in [-0.15, -0.1) is 22.7 Å². The normalized spacial score (nSPS) is 12.9. The average molecular weight is 457 g/mol. The lowest BCUT2D eigenvalue weighted by atomic mass is 9.97. The Morgan fingerprint density at radius 3 is 1.50 bits per heavy atom. The van der Waals surface area contributed by atoms with Crippen molar-refractivity contribution in [3.8, 4) is 0 Å². The molecule has 0 N–H and O–H groups in total. The van der Waals surface area contributed by atoms with E-state index < -0.39 is 0 Å². The smallest absolute Gasteiger partial charge is 0.148 e. The second kappa shape index (κ2) is 5.09. The summed E-state index contributed by atoms with van der Waals surface area (Å²) in [5.41, 5.74) is 3.98. The molecule has 8 heteroatoms. The van der Waals surface area contributed by atoms with Crippen LogP contribution in [0.25, 0.3) is 64.3 Å². The van der Waals surface area contributed by atoms with E-state index in [1.54, 1.807) is 22.7 Å². The molecule has 2 aromatic carbocycles. The topological polar surface area (TPSA) is 34.6 Å². The van der Waals surface area contributed by atoms with Crippen LogP contribution >= 0.6 is 47.1 Å². The van der Waals surface area contributed by atoms with Gasteiger partial charge in [0.25, 0.3) is 0 Å². The molecule has 0 spiro atoms. The van der Waals surface area contributed by atoms with Crippen molar-refractivity contribution in [2.24, 2.45) is 0 Å². The summed E-state index contributed by atoms with van der Waals surface area (Å²) < 4.78 is 5.81. The Morgan fingerprint density at radius 1 is 0.600 bits per heavy atom. The predicted molar refractivity (Wildman–Crippen MR) is 131 cm³/mol. The molecular formula is C22H8N4S4. The molecule has 6 heterocycles. The number of pyridine rings is 2. The Balaban J connectivity index is 1.76. The molecule has 8 rings (SSSR count). The van der Waals surface area contributed by atoms with Crippen LogP contribution < -0.4 is 0 Å². The molecule has 0 aliphatic rings. The van der Waals surface area contributed by atoms with Crippen LogP contribution in [0, 0.1) is 9.28 Å². The summed E-state index contributed by atoms with van der Waals surface area (Å²) in [6.45, 7) is 0. The second-order valence-electron chi connectivity index (χ2n) is 7.45. The van der Waals surface area contributed by atoms with Crippen LogP contribution in [0.2, 0.25) is 0 Å². The van der Waals surface area contributed by atoms with Crippen molar-refractivity contribution in [2.45, 2.75) is 0 Å². The average Bonchev–Trinajstić information content (AvgIpc) is 3.49. The standard InChI is InChI=1S/C22H8N4S4/c27-21-11-3-1-9-15-12(22(28)25-13-5-7-29-19(13)23-17(9)25)4-2-10(16(11)15)18-24-20-14(26(18)21)6-8-30-20/h1-8H. The largest absolute Gasteiger partial charge is 0.281 e.